The topological polar surface area (TPSA) is 387 Å². The lowest BCUT2D eigenvalue weighted by atomic mass is 10.1. The third-order valence-electron chi connectivity index (χ3n) is 8.52. The molecule has 0 spiro atoms. The lowest BCUT2D eigenvalue weighted by Crippen LogP contribution is -2.46. The highest BCUT2D eigenvalue weighted by molar-refractivity contribution is 7.46. The van der Waals surface area contributed by atoms with Crippen LogP contribution in [0.5, 0.6) is 0 Å². The number of imidazole rings is 2. The molecule has 4 aromatic rings. The van der Waals surface area contributed by atoms with E-state index >= 15 is 0 Å². The van der Waals surface area contributed by atoms with Crippen LogP contribution in [-0.4, -0.2) is 128 Å². The number of nitrogen functional groups attached to an aromatic ring is 2. The smallest absolute Gasteiger partial charge is 0.313 e. The van der Waals surface area contributed by atoms with Crippen molar-refractivity contribution >= 4 is 49.9 Å². The van der Waals surface area contributed by atoms with Crippen LogP contribution in [0.3, 0.4) is 0 Å². The van der Waals surface area contributed by atoms with E-state index in [1.807, 2.05) is 0 Å². The highest BCUT2D eigenvalue weighted by atomic mass is 31.2. The zero-order valence-electron chi connectivity index (χ0n) is 28.9. The SMILES string of the molecule is C.CO[C@@H]1[C@H](O)C(COP(=O)([O-])OCCOCCOP(=O)([O-])OCC2O[C@@H]([n+]3cn(C)c4c(=O)[nH]c(N)nc43)[C@H](O)[C@@H]2O)O[C@H]1[n+]1c[nH]c2c(=O)[nH]c(N)nc21. The van der Waals surface area contributed by atoms with E-state index in [4.69, 9.17) is 48.5 Å². The van der Waals surface area contributed by atoms with Crippen molar-refractivity contribution in [1.29, 1.82) is 0 Å². The lowest BCUT2D eigenvalue weighted by Gasteiger charge is -2.25. The first-order chi connectivity index (χ1) is 26.0. The molecular weight excluding hydrogens is 798 g/mol. The molecule has 2 aliphatic rings. The van der Waals surface area contributed by atoms with Crippen molar-refractivity contribution in [3.63, 3.8) is 0 Å². The second-order valence-corrected chi connectivity index (χ2v) is 15.0. The highest BCUT2D eigenvalue weighted by Crippen LogP contribution is 2.41. The third kappa shape index (κ3) is 9.17. The van der Waals surface area contributed by atoms with Gasteiger partial charge in [-0.1, -0.05) is 17.4 Å². The summed E-state index contributed by atoms with van der Waals surface area (Å²) in [7, 11) is -7.12. The summed E-state index contributed by atoms with van der Waals surface area (Å²) in [6.45, 7) is -3.21. The molecule has 56 heavy (non-hydrogen) atoms. The second kappa shape index (κ2) is 17.4. The Hall–Kier alpha value is -3.76. The molecule has 0 amide bonds. The summed E-state index contributed by atoms with van der Waals surface area (Å²) in [5.74, 6) is -0.380. The van der Waals surface area contributed by atoms with Gasteiger partial charge < -0.3 is 73.6 Å². The number of nitrogens with one attached hydrogen (secondary N) is 3. The minimum Gasteiger partial charge on any atom is -0.756 e. The maximum atomic E-state index is 12.3. The summed E-state index contributed by atoms with van der Waals surface area (Å²) >= 11 is 0. The standard InChI is InChI=1S/C26H38N10O17P2.CH4/c1-34-10-36(20-14(34)22(41)33-26(28)31-20)23-17(39)15(37)11(52-23)7-50-54(42,43)48-5-3-47-4-6-49-55(44,45)51-8-12-16(38)18(46-2)24(53-12)35-9-29-13-19(35)30-25(27)32-21(13)40;/h9-12,15-18,23-24,37-39H,3-8H2,1-2H3,(H7-,27,28,30,31,32,33,40,41,42,43,44,45);1H4/t11?,12?,15-,16-,17-,18-,23-,24-;/m1./s1. The van der Waals surface area contributed by atoms with Gasteiger partial charge in [0.15, 0.2) is 12.7 Å². The molecule has 2 aliphatic heterocycles. The van der Waals surface area contributed by atoms with Gasteiger partial charge in [0, 0.05) is 7.11 Å². The maximum Gasteiger partial charge on any atom is 0.313 e. The van der Waals surface area contributed by atoms with Crippen LogP contribution in [0.1, 0.15) is 19.9 Å². The number of phosphoric ester groups is 2. The largest absolute Gasteiger partial charge is 0.756 e. The number of ether oxygens (including phenoxy) is 4. The fourth-order valence-electron chi connectivity index (χ4n) is 5.99. The first-order valence-corrected chi connectivity index (χ1v) is 19.1. The summed E-state index contributed by atoms with van der Waals surface area (Å²) in [6, 6.07) is 0. The summed E-state index contributed by atoms with van der Waals surface area (Å²) in [5.41, 5.74) is 10.5. The summed E-state index contributed by atoms with van der Waals surface area (Å²) in [5, 5.41) is 31.8. The molecule has 6 rings (SSSR count). The van der Waals surface area contributed by atoms with Crippen LogP contribution in [0.15, 0.2) is 22.2 Å². The first kappa shape index (κ1) is 43.4. The number of rotatable bonds is 17. The number of methoxy groups -OCH3 is 1. The number of anilines is 2. The van der Waals surface area contributed by atoms with Crippen molar-refractivity contribution in [3.05, 3.63) is 33.4 Å². The molecule has 27 nitrogen and oxygen atoms in total. The Labute approximate surface area is 314 Å². The van der Waals surface area contributed by atoms with Crippen molar-refractivity contribution in [2.45, 2.75) is 56.5 Å². The number of nitrogens with two attached hydrogens (primary N) is 2. The number of phosphoric acid groups is 2. The molecule has 10 N–H and O–H groups in total. The summed E-state index contributed by atoms with van der Waals surface area (Å²) in [6.07, 6.45) is -7.81. The first-order valence-electron chi connectivity index (χ1n) is 16.2. The molecule has 0 bridgehead atoms. The van der Waals surface area contributed by atoms with Crippen molar-refractivity contribution < 1.29 is 80.4 Å². The van der Waals surface area contributed by atoms with Gasteiger partial charge in [0.2, 0.25) is 23.5 Å². The molecule has 0 aliphatic carbocycles. The quantitative estimate of drug-likeness (QED) is 0.0280. The van der Waals surface area contributed by atoms with Gasteiger partial charge in [-0.25, -0.2) is 9.13 Å². The normalized spacial score (nSPS) is 27.4. The van der Waals surface area contributed by atoms with Crippen molar-refractivity contribution in [2.75, 3.05) is 58.2 Å². The van der Waals surface area contributed by atoms with Gasteiger partial charge in [0.25, 0.3) is 38.7 Å². The molecule has 0 radical (unpaired) electrons. The predicted octanol–water partition coefficient (Wildman–Crippen LogP) is -5.19. The van der Waals surface area contributed by atoms with Gasteiger partial charge in [-0.15, -0.1) is 0 Å². The molecule has 29 heteroatoms. The fourth-order valence-corrected chi connectivity index (χ4v) is 7.40. The zero-order valence-corrected chi connectivity index (χ0v) is 30.6. The van der Waals surface area contributed by atoms with Crippen molar-refractivity contribution in [1.82, 2.24) is 29.5 Å². The zero-order chi connectivity index (χ0) is 39.8. The number of aryl methyl sites for hydroxylation is 1. The number of hydrogen-bond donors (Lipinski definition) is 8. The number of aliphatic hydroxyl groups is 3. The molecule has 0 saturated carbocycles. The molecule has 4 unspecified atom stereocenters. The van der Waals surface area contributed by atoms with Crippen molar-refractivity contribution in [3.8, 4) is 0 Å². The van der Waals surface area contributed by atoms with E-state index in [1.165, 1.54) is 40.5 Å². The van der Waals surface area contributed by atoms with E-state index in [2.05, 4.69) is 24.9 Å². The van der Waals surface area contributed by atoms with Crippen molar-refractivity contribution in [2.24, 2.45) is 7.05 Å². The molecule has 2 saturated heterocycles. The Morgan fingerprint density at radius 2 is 1.39 bits per heavy atom. The molecule has 6 heterocycles. The Balaban J connectivity index is 0.00000600. The van der Waals surface area contributed by atoms with Crippen LogP contribution in [-0.2, 0) is 53.2 Å². The van der Waals surface area contributed by atoms with Gasteiger partial charge in [0.05, 0.1) is 46.7 Å². The molecular formula is C27H42N10O17P2. The van der Waals surface area contributed by atoms with E-state index in [0.29, 0.717) is 0 Å². The minimum atomic E-state index is -4.98. The third-order valence-corrected chi connectivity index (χ3v) is 10.4. The van der Waals surface area contributed by atoms with E-state index in [0.717, 1.165) is 0 Å². The lowest BCUT2D eigenvalue weighted by molar-refractivity contribution is -0.746. The Kier molecular flexibility index (Phi) is 13.5. The van der Waals surface area contributed by atoms with Crippen LogP contribution < -0.4 is 41.5 Å². The Morgan fingerprint density at radius 1 is 0.839 bits per heavy atom. The number of H-pyrrole nitrogens is 3. The summed E-state index contributed by atoms with van der Waals surface area (Å²) in [4.78, 5) is 64.6. The van der Waals surface area contributed by atoms with E-state index in [-0.39, 0.29) is 54.9 Å². The van der Waals surface area contributed by atoms with Crippen LogP contribution >= 0.6 is 15.6 Å². The molecule has 4 aromatic heterocycles. The minimum absolute atomic E-state index is 0. The summed E-state index contributed by atoms with van der Waals surface area (Å²) < 4.78 is 69.7. The number of hydrogen-bond acceptors (Lipinski definition) is 21. The predicted molar refractivity (Wildman–Crippen MR) is 180 cm³/mol. The van der Waals surface area contributed by atoms with E-state index in [9.17, 15) is 43.8 Å². The number of nitrogens with zero attached hydrogens (tertiary/aromatic N) is 5. The number of fused-ring (bicyclic) bond motifs is 2. The molecule has 2 fully saturated rings. The number of aliphatic hydroxyl groups excluding tert-OH is 3. The molecule has 0 aromatic carbocycles. The number of aromatic amines is 3. The second-order valence-electron chi connectivity index (χ2n) is 12.2. The van der Waals surface area contributed by atoms with Crippen LogP contribution in [0.2, 0.25) is 0 Å². The average molecular weight is 841 g/mol. The van der Waals surface area contributed by atoms with E-state index < -0.39 is 102 Å². The number of aromatic nitrogens is 8. The Morgan fingerprint density at radius 3 is 2.00 bits per heavy atom. The van der Waals surface area contributed by atoms with Gasteiger partial charge in [-0.05, 0) is 0 Å². The van der Waals surface area contributed by atoms with Gasteiger partial charge in [-0.2, -0.15) is 0 Å². The van der Waals surface area contributed by atoms with Crippen LogP contribution in [0.4, 0.5) is 11.9 Å². The molecule has 312 valence electrons. The Bertz CT molecular complexity index is 2220. The van der Waals surface area contributed by atoms with Crippen LogP contribution in [0.25, 0.3) is 22.3 Å². The monoisotopic (exact) mass is 840 g/mol. The van der Waals surface area contributed by atoms with E-state index in [1.54, 1.807) is 0 Å². The van der Waals surface area contributed by atoms with Gasteiger partial charge in [0.1, 0.15) is 36.6 Å². The van der Waals surface area contributed by atoms with Crippen LogP contribution in [0, 0.1) is 0 Å². The molecule has 10 atom stereocenters. The maximum absolute atomic E-state index is 12.3. The average Bonchev–Trinajstić information content (AvgIpc) is 3.84. The van der Waals surface area contributed by atoms with Gasteiger partial charge in [-0.3, -0.25) is 38.2 Å². The fraction of sp³-hybridized carbons (Fsp3) is 0.630. The van der Waals surface area contributed by atoms with Gasteiger partial charge >= 0.3 is 11.3 Å². The highest BCUT2D eigenvalue weighted by Gasteiger charge is 2.49.